The number of hydrogen-bond donors (Lipinski definition) is 2. The smallest absolute Gasteiger partial charge is 0.307 e. The summed E-state index contributed by atoms with van der Waals surface area (Å²) in [4.78, 5) is 30.6. The van der Waals surface area contributed by atoms with Crippen LogP contribution in [0.2, 0.25) is 0 Å². The summed E-state index contributed by atoms with van der Waals surface area (Å²) in [6, 6.07) is 12.3. The van der Waals surface area contributed by atoms with E-state index in [-0.39, 0.29) is 17.2 Å². The van der Waals surface area contributed by atoms with E-state index >= 15 is 0 Å². The number of amides is 1. The van der Waals surface area contributed by atoms with Gasteiger partial charge in [0.25, 0.3) is 10.8 Å². The van der Waals surface area contributed by atoms with Crippen LogP contribution >= 0.6 is 0 Å². The minimum absolute atomic E-state index is 0.0531. The lowest BCUT2D eigenvalue weighted by Crippen LogP contribution is -2.44. The number of hydrogen-bond acceptors (Lipinski definition) is 5. The number of carbonyl (C=O) groups excluding carboxylic acids is 1. The van der Waals surface area contributed by atoms with E-state index in [2.05, 4.69) is 4.98 Å². The second-order valence-electron chi connectivity index (χ2n) is 6.94. The number of para-hydroxylation sites is 1. The first-order valence-electron chi connectivity index (χ1n) is 9.56. The average molecular weight is 428 g/mol. The van der Waals surface area contributed by atoms with E-state index in [1.165, 1.54) is 7.11 Å². The van der Waals surface area contributed by atoms with Crippen LogP contribution in [0.5, 0.6) is 17.2 Å². The molecule has 4 rings (SSSR count). The summed E-state index contributed by atoms with van der Waals surface area (Å²) in [6.45, 7) is 1.03. The van der Waals surface area contributed by atoms with Crippen molar-refractivity contribution in [2.45, 2.75) is 4.90 Å². The number of nitrogens with zero attached hydrogens (tertiary/aromatic N) is 1. The highest BCUT2D eigenvalue weighted by molar-refractivity contribution is 7.97. The van der Waals surface area contributed by atoms with Gasteiger partial charge in [-0.1, -0.05) is 12.1 Å². The predicted octanol–water partition coefficient (Wildman–Crippen LogP) is 2.38. The first-order valence-corrected chi connectivity index (χ1v) is 11.1. The summed E-state index contributed by atoms with van der Waals surface area (Å²) >= 11 is 0. The number of pyridine rings is 1. The van der Waals surface area contributed by atoms with Crippen molar-refractivity contribution in [2.24, 2.45) is 0 Å². The normalized spacial score (nSPS) is 14.7. The molecule has 30 heavy (non-hydrogen) atoms. The molecule has 3 aromatic rings. The number of benzene rings is 2. The van der Waals surface area contributed by atoms with Gasteiger partial charge in [0, 0.05) is 21.8 Å². The highest BCUT2D eigenvalue weighted by Crippen LogP contribution is 2.31. The molecule has 0 atom stereocenters. The van der Waals surface area contributed by atoms with E-state index in [0.29, 0.717) is 57.5 Å². The lowest BCUT2D eigenvalue weighted by molar-refractivity contribution is 0.0771. The van der Waals surface area contributed by atoms with Gasteiger partial charge in [0.1, 0.15) is 11.5 Å². The van der Waals surface area contributed by atoms with Gasteiger partial charge in [0.05, 0.1) is 32.8 Å². The molecule has 1 aliphatic heterocycles. The molecule has 156 valence electrons. The molecule has 0 aliphatic carbocycles. The molecule has 1 fully saturated rings. The zero-order valence-electron chi connectivity index (χ0n) is 16.8. The van der Waals surface area contributed by atoms with Crippen LogP contribution in [0.1, 0.15) is 10.4 Å². The molecule has 8 heteroatoms. The highest BCUT2D eigenvalue weighted by atomic mass is 32.2. The fourth-order valence-electron chi connectivity index (χ4n) is 3.69. The molecule has 1 saturated heterocycles. The molecule has 0 unspecified atom stereocenters. The number of ether oxygens (including phenoxy) is 2. The Balaban J connectivity index is 1.53. The zero-order chi connectivity index (χ0) is 21.3. The molecule has 1 amide bonds. The monoisotopic (exact) mass is 427 g/mol. The Morgan fingerprint density at radius 2 is 1.77 bits per heavy atom. The summed E-state index contributed by atoms with van der Waals surface area (Å²) < 4.78 is 10.5. The van der Waals surface area contributed by atoms with Crippen LogP contribution in [0, 0.1) is 0 Å². The van der Waals surface area contributed by atoms with Crippen LogP contribution in [0.15, 0.2) is 52.2 Å². The number of carbonyl (C=O) groups is 1. The largest absolute Gasteiger partial charge is 0.503 e. The van der Waals surface area contributed by atoms with Crippen molar-refractivity contribution < 1.29 is 19.4 Å². The van der Waals surface area contributed by atoms with Crippen LogP contribution in [-0.2, 0) is 10.9 Å². The van der Waals surface area contributed by atoms with E-state index in [4.69, 9.17) is 9.47 Å². The summed E-state index contributed by atoms with van der Waals surface area (Å²) in [7, 11) is 2.66. The van der Waals surface area contributed by atoms with Gasteiger partial charge in [-0.2, -0.15) is 0 Å². The third-order valence-corrected chi connectivity index (χ3v) is 7.58. The number of aromatic hydroxyl groups is 1. The minimum Gasteiger partial charge on any atom is -0.503 e. The van der Waals surface area contributed by atoms with Crippen molar-refractivity contribution in [3.8, 4) is 17.2 Å². The summed E-state index contributed by atoms with van der Waals surface area (Å²) in [5, 5.41) is 11.4. The Morgan fingerprint density at radius 3 is 2.47 bits per heavy atom. The van der Waals surface area contributed by atoms with Gasteiger partial charge in [-0.3, -0.25) is 9.59 Å². The maximum absolute atomic E-state index is 12.9. The SMILES string of the molecule is COc1ccc(C(=O)N2CC[S+](c3c(O)c4ccccc4[nH]c3=O)CC2)cc1OC. The van der Waals surface area contributed by atoms with Crippen molar-refractivity contribution in [1.82, 2.24) is 9.88 Å². The zero-order valence-corrected chi connectivity index (χ0v) is 17.6. The molecule has 2 aromatic carbocycles. The van der Waals surface area contributed by atoms with Gasteiger partial charge in [-0.05, 0) is 30.3 Å². The minimum atomic E-state index is -0.424. The van der Waals surface area contributed by atoms with Crippen LogP contribution < -0.4 is 15.0 Å². The Hall–Kier alpha value is -3.13. The molecule has 2 N–H and O–H groups in total. The standard InChI is InChI=1S/C22H22N2O5S/c1-28-17-8-7-14(13-18(17)29-2)22(27)24-9-11-30(12-10-24)20-19(25)15-5-3-4-6-16(15)23-21(20)26/h3-8,13H,9-12H2,1-2H3,(H-,23,25,26)/p+1. The molecular weight excluding hydrogens is 404 g/mol. The number of aromatic nitrogens is 1. The quantitative estimate of drug-likeness (QED) is 0.624. The molecule has 2 heterocycles. The van der Waals surface area contributed by atoms with Gasteiger partial charge in [0.2, 0.25) is 0 Å². The molecule has 0 spiro atoms. The van der Waals surface area contributed by atoms with Gasteiger partial charge in [-0.25, -0.2) is 0 Å². The average Bonchev–Trinajstić information content (AvgIpc) is 2.78. The van der Waals surface area contributed by atoms with E-state index in [1.54, 1.807) is 42.3 Å². The second kappa shape index (κ2) is 8.31. The first-order chi connectivity index (χ1) is 14.5. The second-order valence-corrected chi connectivity index (χ2v) is 9.15. The number of rotatable bonds is 4. The lowest BCUT2D eigenvalue weighted by atomic mass is 10.1. The van der Waals surface area contributed by atoms with Gasteiger partial charge < -0.3 is 24.5 Å². The van der Waals surface area contributed by atoms with Crippen molar-refractivity contribution in [2.75, 3.05) is 38.8 Å². The number of aromatic amines is 1. The van der Waals surface area contributed by atoms with Gasteiger partial charge in [0.15, 0.2) is 17.2 Å². The van der Waals surface area contributed by atoms with Gasteiger partial charge >= 0.3 is 5.56 Å². The van der Waals surface area contributed by atoms with Crippen LogP contribution in [0.3, 0.4) is 0 Å². The number of nitrogens with one attached hydrogen (secondary N) is 1. The van der Waals surface area contributed by atoms with Crippen molar-refractivity contribution in [3.05, 3.63) is 58.4 Å². The van der Waals surface area contributed by atoms with E-state index in [0.717, 1.165) is 0 Å². The van der Waals surface area contributed by atoms with Crippen molar-refractivity contribution in [3.63, 3.8) is 0 Å². The van der Waals surface area contributed by atoms with Crippen LogP contribution in [-0.4, -0.2) is 59.7 Å². The Kier molecular flexibility index (Phi) is 5.59. The van der Waals surface area contributed by atoms with Crippen molar-refractivity contribution in [1.29, 1.82) is 0 Å². The Bertz CT molecular complexity index is 1150. The predicted molar refractivity (Wildman–Crippen MR) is 117 cm³/mol. The summed E-state index contributed by atoms with van der Waals surface area (Å²) in [5.74, 6) is 2.31. The van der Waals surface area contributed by atoms with E-state index < -0.39 is 10.9 Å². The first kappa shape index (κ1) is 20.2. The third kappa shape index (κ3) is 3.59. The molecule has 0 saturated carbocycles. The molecule has 1 aliphatic rings. The van der Waals surface area contributed by atoms with E-state index in [9.17, 15) is 14.7 Å². The maximum Gasteiger partial charge on any atom is 0.307 e. The molecule has 0 radical (unpaired) electrons. The van der Waals surface area contributed by atoms with Crippen LogP contribution in [0.25, 0.3) is 10.9 Å². The van der Waals surface area contributed by atoms with Crippen molar-refractivity contribution >= 4 is 27.7 Å². The topological polar surface area (TPSA) is 91.9 Å². The van der Waals surface area contributed by atoms with Crippen LogP contribution in [0.4, 0.5) is 0 Å². The fraction of sp³-hybridized carbons (Fsp3) is 0.273. The number of methoxy groups -OCH3 is 2. The molecular formula is C22H23N2O5S+. The Labute approximate surface area is 176 Å². The summed E-state index contributed by atoms with van der Waals surface area (Å²) in [6.07, 6.45) is 0. The maximum atomic E-state index is 12.9. The molecule has 0 bridgehead atoms. The highest BCUT2D eigenvalue weighted by Gasteiger charge is 2.36. The Morgan fingerprint density at radius 1 is 1.07 bits per heavy atom. The van der Waals surface area contributed by atoms with Gasteiger partial charge in [-0.15, -0.1) is 0 Å². The third-order valence-electron chi connectivity index (χ3n) is 5.27. The molecule has 1 aromatic heterocycles. The molecule has 7 nitrogen and oxygen atoms in total. The van der Waals surface area contributed by atoms with E-state index in [1.807, 2.05) is 12.1 Å². The summed E-state index contributed by atoms with van der Waals surface area (Å²) in [5.41, 5.74) is 0.893. The fourth-order valence-corrected chi connectivity index (χ4v) is 5.88. The number of fused-ring (bicyclic) bond motifs is 1. The number of H-pyrrole nitrogens is 1. The lowest BCUT2D eigenvalue weighted by Gasteiger charge is -2.27.